The fraction of sp³-hybridized carbons (Fsp3) is 0.455. The number of phenols is 1. The van der Waals surface area contributed by atoms with Crippen LogP contribution in [0.2, 0.25) is 0 Å². The van der Waals surface area contributed by atoms with Crippen LogP contribution in [0, 0.1) is 6.92 Å². The average Bonchev–Trinajstić information content (AvgIpc) is 2.19. The van der Waals surface area contributed by atoms with E-state index in [1.54, 1.807) is 6.07 Å². The highest BCUT2D eigenvalue weighted by Crippen LogP contribution is 2.22. The van der Waals surface area contributed by atoms with E-state index in [2.05, 4.69) is 5.32 Å². The lowest BCUT2D eigenvalue weighted by molar-refractivity contribution is 0.269. The molecule has 14 heavy (non-hydrogen) atoms. The molecular weight excluding hydrogens is 178 g/mol. The Balaban J connectivity index is 2.88. The summed E-state index contributed by atoms with van der Waals surface area (Å²) in [6, 6.07) is 5.65. The third-order valence-corrected chi connectivity index (χ3v) is 2.39. The zero-order chi connectivity index (χ0) is 10.6. The van der Waals surface area contributed by atoms with Gasteiger partial charge in [-0.1, -0.05) is 12.1 Å². The molecule has 3 nitrogen and oxygen atoms in total. The lowest BCUT2D eigenvalue weighted by Gasteiger charge is -2.16. The van der Waals surface area contributed by atoms with Crippen LogP contribution in [0.15, 0.2) is 18.2 Å². The van der Waals surface area contributed by atoms with Gasteiger partial charge in [0.2, 0.25) is 0 Å². The second-order valence-corrected chi connectivity index (χ2v) is 3.40. The minimum absolute atomic E-state index is 0.152. The second-order valence-electron chi connectivity index (χ2n) is 3.40. The Kier molecular flexibility index (Phi) is 3.92. The van der Waals surface area contributed by atoms with Crippen molar-refractivity contribution in [3.05, 3.63) is 29.3 Å². The molecule has 0 saturated carbocycles. The number of rotatable bonds is 4. The van der Waals surface area contributed by atoms with Gasteiger partial charge in [-0.3, -0.25) is 0 Å². The first-order valence-electron chi connectivity index (χ1n) is 4.76. The molecular formula is C11H17NO2. The Morgan fingerprint density at radius 2 is 2.14 bits per heavy atom. The Hall–Kier alpha value is -1.06. The van der Waals surface area contributed by atoms with E-state index in [1.165, 1.54) is 0 Å². The second kappa shape index (κ2) is 4.98. The Labute approximate surface area is 84.4 Å². The quantitative estimate of drug-likeness (QED) is 0.679. The summed E-state index contributed by atoms with van der Waals surface area (Å²) in [6.07, 6.45) is 0.681. The number of aliphatic hydroxyl groups is 1. The predicted octanol–water partition coefficient (Wildman–Crippen LogP) is 1.34. The number of hydrogen-bond donors (Lipinski definition) is 3. The number of aromatic hydroxyl groups is 1. The Morgan fingerprint density at radius 3 is 2.64 bits per heavy atom. The van der Waals surface area contributed by atoms with Gasteiger partial charge in [-0.15, -0.1) is 0 Å². The van der Waals surface area contributed by atoms with E-state index in [9.17, 15) is 5.11 Å². The normalized spacial score (nSPS) is 12.8. The standard InChI is InChI=1S/C11H17NO2/c1-8-7-9(3-4-11(8)14)10(12-2)5-6-13/h3-4,7,10,12-14H,5-6H2,1-2H3. The third-order valence-electron chi connectivity index (χ3n) is 2.39. The van der Waals surface area contributed by atoms with Crippen LogP contribution < -0.4 is 5.32 Å². The smallest absolute Gasteiger partial charge is 0.118 e. The number of phenolic OH excluding ortho intramolecular Hbond substituents is 1. The number of aliphatic hydroxyl groups excluding tert-OH is 1. The first kappa shape index (κ1) is 11.0. The van der Waals surface area contributed by atoms with Crippen LogP contribution in [-0.2, 0) is 0 Å². The van der Waals surface area contributed by atoms with Gasteiger partial charge in [0.1, 0.15) is 5.75 Å². The summed E-state index contributed by atoms with van der Waals surface area (Å²) in [5, 5.41) is 21.3. The molecule has 0 fully saturated rings. The van der Waals surface area contributed by atoms with Gasteiger partial charge in [0.05, 0.1) is 0 Å². The highest BCUT2D eigenvalue weighted by Gasteiger charge is 2.09. The lowest BCUT2D eigenvalue weighted by atomic mass is 10.0. The van der Waals surface area contributed by atoms with Gasteiger partial charge in [-0.2, -0.15) is 0 Å². The minimum Gasteiger partial charge on any atom is -0.508 e. The van der Waals surface area contributed by atoms with Crippen LogP contribution in [0.3, 0.4) is 0 Å². The number of nitrogens with one attached hydrogen (secondary N) is 1. The molecule has 1 rings (SSSR count). The molecule has 0 aliphatic heterocycles. The summed E-state index contributed by atoms with van der Waals surface area (Å²) in [6.45, 7) is 2.02. The fourth-order valence-corrected chi connectivity index (χ4v) is 1.50. The number of benzene rings is 1. The molecule has 1 atom stereocenters. The van der Waals surface area contributed by atoms with Crippen molar-refractivity contribution in [2.75, 3.05) is 13.7 Å². The molecule has 0 aromatic heterocycles. The van der Waals surface area contributed by atoms with Gasteiger partial charge < -0.3 is 15.5 Å². The summed E-state index contributed by atoms with van der Waals surface area (Å²) < 4.78 is 0. The van der Waals surface area contributed by atoms with Crippen LogP contribution in [0.5, 0.6) is 5.75 Å². The Bertz CT molecular complexity index is 299. The van der Waals surface area contributed by atoms with E-state index in [1.807, 2.05) is 26.1 Å². The summed E-state index contributed by atoms with van der Waals surface area (Å²) in [7, 11) is 1.86. The lowest BCUT2D eigenvalue weighted by Crippen LogP contribution is -2.17. The predicted molar refractivity (Wildman–Crippen MR) is 56.3 cm³/mol. The largest absolute Gasteiger partial charge is 0.508 e. The SMILES string of the molecule is CNC(CCO)c1ccc(O)c(C)c1. The Morgan fingerprint density at radius 1 is 1.43 bits per heavy atom. The van der Waals surface area contributed by atoms with Gasteiger partial charge in [-0.25, -0.2) is 0 Å². The van der Waals surface area contributed by atoms with Crippen LogP contribution >= 0.6 is 0 Å². The molecule has 3 N–H and O–H groups in total. The maximum absolute atomic E-state index is 9.36. The zero-order valence-electron chi connectivity index (χ0n) is 8.62. The van der Waals surface area contributed by atoms with Gasteiger partial charge in [-0.05, 0) is 37.6 Å². The molecule has 0 heterocycles. The summed E-state index contributed by atoms with van der Waals surface area (Å²) in [5.74, 6) is 0.313. The summed E-state index contributed by atoms with van der Waals surface area (Å²) in [5.41, 5.74) is 1.96. The van der Waals surface area contributed by atoms with Crippen molar-refractivity contribution < 1.29 is 10.2 Å². The van der Waals surface area contributed by atoms with Crippen molar-refractivity contribution in [2.45, 2.75) is 19.4 Å². The van der Waals surface area contributed by atoms with Crippen molar-refractivity contribution >= 4 is 0 Å². The maximum atomic E-state index is 9.36. The molecule has 1 aromatic rings. The number of hydrogen-bond acceptors (Lipinski definition) is 3. The van der Waals surface area contributed by atoms with Gasteiger partial charge in [0.25, 0.3) is 0 Å². The first-order valence-corrected chi connectivity index (χ1v) is 4.76. The van der Waals surface area contributed by atoms with Crippen LogP contribution in [0.4, 0.5) is 0 Å². The fourth-order valence-electron chi connectivity index (χ4n) is 1.50. The molecule has 0 spiro atoms. The highest BCUT2D eigenvalue weighted by molar-refractivity contribution is 5.36. The van der Waals surface area contributed by atoms with Crippen molar-refractivity contribution in [1.29, 1.82) is 0 Å². The molecule has 0 saturated heterocycles. The third kappa shape index (κ3) is 2.47. The average molecular weight is 195 g/mol. The van der Waals surface area contributed by atoms with Gasteiger partial charge >= 0.3 is 0 Å². The van der Waals surface area contributed by atoms with E-state index in [0.29, 0.717) is 12.2 Å². The molecule has 3 heteroatoms. The molecule has 0 aliphatic carbocycles. The molecule has 78 valence electrons. The monoisotopic (exact) mass is 195 g/mol. The van der Waals surface area contributed by atoms with Gasteiger partial charge in [0, 0.05) is 12.6 Å². The maximum Gasteiger partial charge on any atom is 0.118 e. The molecule has 0 amide bonds. The van der Waals surface area contributed by atoms with E-state index < -0.39 is 0 Å². The van der Waals surface area contributed by atoms with E-state index in [4.69, 9.17) is 5.11 Å². The molecule has 0 radical (unpaired) electrons. The molecule has 1 unspecified atom stereocenters. The van der Waals surface area contributed by atoms with Crippen LogP contribution in [0.25, 0.3) is 0 Å². The van der Waals surface area contributed by atoms with Crippen molar-refractivity contribution in [3.63, 3.8) is 0 Å². The first-order chi connectivity index (χ1) is 6.69. The topological polar surface area (TPSA) is 52.5 Å². The zero-order valence-corrected chi connectivity index (χ0v) is 8.62. The van der Waals surface area contributed by atoms with Crippen molar-refractivity contribution in [1.82, 2.24) is 5.32 Å². The van der Waals surface area contributed by atoms with Crippen molar-refractivity contribution in [3.8, 4) is 5.75 Å². The molecule has 0 bridgehead atoms. The molecule has 1 aromatic carbocycles. The summed E-state index contributed by atoms with van der Waals surface area (Å²) in [4.78, 5) is 0. The van der Waals surface area contributed by atoms with Crippen LogP contribution in [0.1, 0.15) is 23.6 Å². The van der Waals surface area contributed by atoms with Crippen LogP contribution in [-0.4, -0.2) is 23.9 Å². The number of aryl methyl sites for hydroxylation is 1. The highest BCUT2D eigenvalue weighted by atomic mass is 16.3. The summed E-state index contributed by atoms with van der Waals surface area (Å²) >= 11 is 0. The van der Waals surface area contributed by atoms with Gasteiger partial charge in [0.15, 0.2) is 0 Å². The van der Waals surface area contributed by atoms with E-state index in [0.717, 1.165) is 11.1 Å². The van der Waals surface area contributed by atoms with E-state index in [-0.39, 0.29) is 12.6 Å². The molecule has 0 aliphatic rings. The van der Waals surface area contributed by atoms with E-state index >= 15 is 0 Å². The minimum atomic E-state index is 0.152. The van der Waals surface area contributed by atoms with Crippen molar-refractivity contribution in [2.24, 2.45) is 0 Å².